The molecule has 3 aliphatic carbocycles. The molecular weight excluding hydrogens is 664 g/mol. The average Bonchev–Trinajstić information content (AvgIpc) is 3.56. The van der Waals surface area contributed by atoms with E-state index < -0.39 is 33.3 Å². The highest BCUT2D eigenvalue weighted by Crippen LogP contribution is 2.67. The molecule has 52 heavy (non-hydrogen) atoms. The quantitative estimate of drug-likeness (QED) is 0.163. The smallest absolute Gasteiger partial charge is 0.347 e. The van der Waals surface area contributed by atoms with E-state index in [2.05, 4.69) is 76.2 Å². The molecule has 5 aromatic carbocycles. The Balaban J connectivity index is 1.29. The maximum Gasteiger partial charge on any atom is 0.347 e. The van der Waals surface area contributed by atoms with E-state index in [0.29, 0.717) is 44.7 Å². The fourth-order valence-electron chi connectivity index (χ4n) is 9.63. The number of rotatable bonds is 2. The predicted octanol–water partition coefficient (Wildman–Crippen LogP) is 8.21. The van der Waals surface area contributed by atoms with Gasteiger partial charge in [0, 0.05) is 35.1 Å². The van der Waals surface area contributed by atoms with Gasteiger partial charge in [0.2, 0.25) is 0 Å². The number of benzene rings is 5. The average molecular weight is 691 g/mol. The highest BCUT2D eigenvalue weighted by atomic mass is 16.4. The second-order valence-corrected chi connectivity index (χ2v) is 14.6. The summed E-state index contributed by atoms with van der Waals surface area (Å²) in [4.78, 5) is 49.6. The Kier molecular flexibility index (Phi) is 5.23. The Morgan fingerprint density at radius 1 is 0.365 bits per heavy atom. The third-order valence-corrected chi connectivity index (χ3v) is 11.7. The second kappa shape index (κ2) is 9.27. The zero-order valence-electron chi connectivity index (χ0n) is 28.2. The van der Waals surface area contributed by atoms with Crippen molar-refractivity contribution in [1.82, 2.24) is 0 Å². The molecule has 254 valence electrons. The fraction of sp³-hybridized carbons (Fsp3) is 0.190. The molecule has 10 heteroatoms. The Bertz CT molecular complexity index is 2950. The molecule has 0 fully saturated rings. The van der Waals surface area contributed by atoms with Crippen LogP contribution in [-0.2, 0) is 10.8 Å². The summed E-state index contributed by atoms with van der Waals surface area (Å²) in [5.74, 6) is 0.0452. The van der Waals surface area contributed by atoms with Crippen LogP contribution in [0.15, 0.2) is 118 Å². The Labute approximate surface area is 290 Å². The summed E-state index contributed by atoms with van der Waals surface area (Å²) in [5, 5.41) is 0.537. The zero-order chi connectivity index (χ0) is 35.6. The van der Waals surface area contributed by atoms with Crippen LogP contribution in [0, 0.1) is 11.8 Å². The summed E-state index contributed by atoms with van der Waals surface area (Å²) >= 11 is 0. The lowest BCUT2D eigenvalue weighted by Gasteiger charge is -2.59. The largest absolute Gasteiger partial charge is 0.449 e. The van der Waals surface area contributed by atoms with Gasteiger partial charge in [0.1, 0.15) is 0 Å². The molecule has 0 amide bonds. The van der Waals surface area contributed by atoms with Crippen LogP contribution >= 0.6 is 0 Å². The van der Waals surface area contributed by atoms with Crippen molar-refractivity contribution >= 4 is 66.2 Å². The van der Waals surface area contributed by atoms with Gasteiger partial charge in [0.25, 0.3) is 0 Å². The van der Waals surface area contributed by atoms with E-state index in [4.69, 9.17) is 26.5 Å². The van der Waals surface area contributed by atoms with Gasteiger partial charge in [-0.1, -0.05) is 52.0 Å². The van der Waals surface area contributed by atoms with Crippen molar-refractivity contribution in [2.24, 2.45) is 11.8 Å². The molecule has 10 nitrogen and oxygen atoms in total. The third-order valence-electron chi connectivity index (χ3n) is 11.7. The van der Waals surface area contributed by atoms with Crippen molar-refractivity contribution < 1.29 is 26.5 Å². The third kappa shape index (κ3) is 3.22. The van der Waals surface area contributed by atoms with Gasteiger partial charge in [-0.15, -0.1) is 0 Å². The predicted molar refractivity (Wildman–Crippen MR) is 192 cm³/mol. The lowest BCUT2D eigenvalue weighted by Crippen LogP contribution is -2.55. The minimum absolute atomic E-state index is 0.0226. The number of fused-ring (bicyclic) bond motifs is 6. The van der Waals surface area contributed by atoms with E-state index >= 15 is 0 Å². The molecule has 2 bridgehead atoms. The maximum atomic E-state index is 12.4. The monoisotopic (exact) mass is 690 g/mol. The Hall–Kier alpha value is -6.42. The zero-order valence-corrected chi connectivity index (χ0v) is 28.2. The van der Waals surface area contributed by atoms with Crippen molar-refractivity contribution in [1.29, 1.82) is 0 Å². The molecule has 0 radical (unpaired) electrons. The SMILES string of the molecule is CC(C)C12c3ccccc3C(C(C)C)(c3cc4oc5cc6c(=O)oc(=O)c6cc5oc4cc31)c1cc3oc4cc5c(=O)oc(=O)c5cc4oc3cc12. The minimum atomic E-state index is -0.722. The molecule has 0 N–H and O–H groups in total. The lowest BCUT2D eigenvalue weighted by molar-refractivity contribution is 0.325. The van der Waals surface area contributed by atoms with Crippen molar-refractivity contribution in [2.45, 2.75) is 38.5 Å². The van der Waals surface area contributed by atoms with Crippen LogP contribution in [0.25, 0.3) is 66.2 Å². The molecule has 3 aliphatic rings. The summed E-state index contributed by atoms with van der Waals surface area (Å²) in [6.07, 6.45) is 0. The van der Waals surface area contributed by atoms with Crippen LogP contribution in [0.4, 0.5) is 0 Å². The van der Waals surface area contributed by atoms with Gasteiger partial charge >= 0.3 is 22.5 Å². The summed E-state index contributed by atoms with van der Waals surface area (Å²) in [5.41, 5.74) is 5.49. The first-order valence-electron chi connectivity index (χ1n) is 17.1. The summed E-state index contributed by atoms with van der Waals surface area (Å²) in [7, 11) is 0. The molecule has 0 atom stereocenters. The molecule has 4 aromatic heterocycles. The topological polar surface area (TPSA) is 147 Å². The van der Waals surface area contributed by atoms with E-state index in [1.165, 1.54) is 35.4 Å². The number of furan rings is 2. The van der Waals surface area contributed by atoms with Crippen LogP contribution in [0.5, 0.6) is 0 Å². The molecular formula is C42H26O10. The normalized spacial score (nSPS) is 19.2. The van der Waals surface area contributed by atoms with Gasteiger partial charge in [-0.2, -0.15) is 0 Å². The minimum Gasteiger partial charge on any atom is -0.449 e. The molecule has 0 aliphatic heterocycles. The van der Waals surface area contributed by atoms with Gasteiger partial charge in [-0.3, -0.25) is 0 Å². The van der Waals surface area contributed by atoms with E-state index in [1.54, 1.807) is 0 Å². The van der Waals surface area contributed by atoms with Crippen LogP contribution in [0.3, 0.4) is 0 Å². The highest BCUT2D eigenvalue weighted by Gasteiger charge is 2.61. The van der Waals surface area contributed by atoms with Crippen molar-refractivity contribution in [3.63, 3.8) is 0 Å². The van der Waals surface area contributed by atoms with E-state index in [1.807, 2.05) is 0 Å². The van der Waals surface area contributed by atoms with Crippen LogP contribution in [0.2, 0.25) is 0 Å². The van der Waals surface area contributed by atoms with Gasteiger partial charge in [-0.25, -0.2) is 19.2 Å². The van der Waals surface area contributed by atoms with Crippen molar-refractivity contribution in [2.75, 3.05) is 0 Å². The fourth-order valence-corrected chi connectivity index (χ4v) is 9.63. The Morgan fingerprint density at radius 2 is 0.615 bits per heavy atom. The maximum absolute atomic E-state index is 12.4. The van der Waals surface area contributed by atoms with Gasteiger partial charge < -0.3 is 26.5 Å². The highest BCUT2D eigenvalue weighted by molar-refractivity contribution is 5.96. The molecule has 12 rings (SSSR count). The summed E-state index contributed by atoms with van der Waals surface area (Å²) in [6.45, 7) is 8.81. The molecule has 0 saturated heterocycles. The van der Waals surface area contributed by atoms with E-state index in [0.717, 1.165) is 22.3 Å². The molecule has 0 spiro atoms. The van der Waals surface area contributed by atoms with Crippen molar-refractivity contribution in [3.05, 3.63) is 148 Å². The number of hydrogen-bond acceptors (Lipinski definition) is 10. The van der Waals surface area contributed by atoms with E-state index in [9.17, 15) is 19.2 Å². The van der Waals surface area contributed by atoms with Crippen LogP contribution in [0.1, 0.15) is 61.1 Å². The standard InChI is InChI=1S/C42H26O10/c1-17(2)41-23-7-5-6-8-24(23)42(18(3)4,27-15-35-33(13-25(27)41)47-29-9-19-21(11-31(29)49-35)39(45)51-37(19)43)28-16-36-34(14-26(28)41)48-30-10-20-22(12-32(30)50-36)40(46)52-38(20)44/h5-18H,1-4H3. The molecule has 0 unspecified atom stereocenters. The number of hydrogen-bond donors (Lipinski definition) is 0. The van der Waals surface area contributed by atoms with Crippen molar-refractivity contribution in [3.8, 4) is 0 Å². The summed E-state index contributed by atoms with van der Waals surface area (Å²) < 4.78 is 35.6. The molecule has 0 saturated carbocycles. The Morgan fingerprint density at radius 3 is 0.865 bits per heavy atom. The lowest BCUT2D eigenvalue weighted by atomic mass is 9.42. The van der Waals surface area contributed by atoms with Crippen LogP contribution < -0.4 is 22.5 Å². The molecule has 4 heterocycles. The molecule has 9 aromatic rings. The first-order chi connectivity index (χ1) is 25.0. The first kappa shape index (κ1) is 29.3. The van der Waals surface area contributed by atoms with Gasteiger partial charge in [0.05, 0.1) is 21.5 Å². The van der Waals surface area contributed by atoms with E-state index in [-0.39, 0.29) is 33.4 Å². The van der Waals surface area contributed by atoms with Gasteiger partial charge in [0.15, 0.2) is 44.7 Å². The van der Waals surface area contributed by atoms with Crippen LogP contribution in [-0.4, -0.2) is 0 Å². The van der Waals surface area contributed by atoms with Gasteiger partial charge in [-0.05, 0) is 69.5 Å². The summed E-state index contributed by atoms with van der Waals surface area (Å²) in [6, 6.07) is 22.8. The first-order valence-corrected chi connectivity index (χ1v) is 17.1. The second-order valence-electron chi connectivity index (χ2n) is 14.6.